The highest BCUT2D eigenvalue weighted by Gasteiger charge is 2.38. The van der Waals surface area contributed by atoms with E-state index in [2.05, 4.69) is 32.3 Å². The average molecular weight is 314 g/mol. The molecule has 0 N–H and O–H groups in total. The molecule has 1 aliphatic heterocycles. The van der Waals surface area contributed by atoms with E-state index in [-0.39, 0.29) is 5.91 Å². The molecule has 1 aromatic rings. The molecular formula is C13H16BrNOS. The summed E-state index contributed by atoms with van der Waals surface area (Å²) in [5, 5.41) is 2.61. The number of nitrogens with zero attached hydrogens (tertiary/aromatic N) is 1. The largest absolute Gasteiger partial charge is 0.334 e. The van der Waals surface area contributed by atoms with Gasteiger partial charge in [-0.3, -0.25) is 4.79 Å². The number of amides is 1. The number of hydrogen-bond acceptors (Lipinski definition) is 2. The maximum atomic E-state index is 12.1. The Morgan fingerprint density at radius 3 is 3.00 bits per heavy atom. The van der Waals surface area contributed by atoms with Crippen molar-refractivity contribution in [2.24, 2.45) is 5.92 Å². The van der Waals surface area contributed by atoms with Crippen LogP contribution in [-0.2, 0) is 17.8 Å². The molecule has 0 radical (unpaired) electrons. The van der Waals surface area contributed by atoms with Gasteiger partial charge in [-0.15, -0.1) is 11.3 Å². The monoisotopic (exact) mass is 313 g/mol. The van der Waals surface area contributed by atoms with Crippen LogP contribution in [0.5, 0.6) is 0 Å². The first-order valence-electron chi connectivity index (χ1n) is 6.20. The normalized spacial score (nSPS) is 24.3. The van der Waals surface area contributed by atoms with Gasteiger partial charge in [0, 0.05) is 17.5 Å². The predicted molar refractivity (Wildman–Crippen MR) is 73.5 cm³/mol. The van der Waals surface area contributed by atoms with Gasteiger partial charge in [0.1, 0.15) is 0 Å². The van der Waals surface area contributed by atoms with E-state index in [0.717, 1.165) is 25.3 Å². The van der Waals surface area contributed by atoms with Crippen LogP contribution in [0.1, 0.15) is 29.7 Å². The van der Waals surface area contributed by atoms with E-state index in [4.69, 9.17) is 0 Å². The van der Waals surface area contributed by atoms with Gasteiger partial charge in [-0.05, 0) is 48.6 Å². The first-order valence-corrected chi connectivity index (χ1v) is 8.20. The van der Waals surface area contributed by atoms with Crippen molar-refractivity contribution in [1.29, 1.82) is 0 Å². The summed E-state index contributed by atoms with van der Waals surface area (Å²) >= 11 is 5.16. The number of hydrogen-bond donors (Lipinski definition) is 0. The van der Waals surface area contributed by atoms with Crippen molar-refractivity contribution < 1.29 is 4.79 Å². The molecule has 2 nitrogen and oxygen atoms in total. The third-order valence-corrected chi connectivity index (χ3v) is 5.35. The molecule has 1 aromatic heterocycles. The zero-order valence-electron chi connectivity index (χ0n) is 9.69. The SMILES string of the molecule is O=C(CBr)N1Cc2ccsc2CCC1C1CC1. The maximum absolute atomic E-state index is 12.1. The average Bonchev–Trinajstić information content (AvgIpc) is 3.11. The fourth-order valence-electron chi connectivity index (χ4n) is 2.78. The summed E-state index contributed by atoms with van der Waals surface area (Å²) in [6.45, 7) is 0.824. The number of alkyl halides is 1. The highest BCUT2D eigenvalue weighted by Crippen LogP contribution is 2.40. The van der Waals surface area contributed by atoms with E-state index >= 15 is 0 Å². The molecule has 1 atom stereocenters. The number of fused-ring (bicyclic) bond motifs is 1. The molecule has 2 aliphatic rings. The minimum atomic E-state index is 0.251. The van der Waals surface area contributed by atoms with E-state index in [9.17, 15) is 4.79 Å². The van der Waals surface area contributed by atoms with Crippen LogP contribution >= 0.6 is 27.3 Å². The van der Waals surface area contributed by atoms with E-state index in [1.54, 1.807) is 0 Å². The number of rotatable bonds is 2. The lowest BCUT2D eigenvalue weighted by Gasteiger charge is -2.29. The molecule has 4 heteroatoms. The van der Waals surface area contributed by atoms with Gasteiger partial charge in [0.25, 0.3) is 0 Å². The van der Waals surface area contributed by atoms with Crippen LogP contribution in [0.15, 0.2) is 11.4 Å². The van der Waals surface area contributed by atoms with Crippen LogP contribution < -0.4 is 0 Å². The number of aryl methyl sites for hydroxylation is 1. The third-order valence-electron chi connectivity index (χ3n) is 3.85. The first-order chi connectivity index (χ1) is 8.29. The molecule has 1 unspecified atom stereocenters. The van der Waals surface area contributed by atoms with Crippen molar-refractivity contribution in [3.05, 3.63) is 21.9 Å². The van der Waals surface area contributed by atoms with Gasteiger partial charge in [0.05, 0.1) is 5.33 Å². The van der Waals surface area contributed by atoms with Gasteiger partial charge in [-0.1, -0.05) is 15.9 Å². The van der Waals surface area contributed by atoms with E-state index < -0.39 is 0 Å². The Morgan fingerprint density at radius 2 is 2.29 bits per heavy atom. The standard InChI is InChI=1S/C13H16BrNOS/c14-7-13(16)15-8-10-5-6-17-12(10)4-3-11(15)9-1-2-9/h5-6,9,11H,1-4,7-8H2. The van der Waals surface area contributed by atoms with E-state index in [1.165, 1.54) is 23.3 Å². The molecule has 1 saturated carbocycles. The lowest BCUT2D eigenvalue weighted by Crippen LogP contribution is -2.41. The Balaban J connectivity index is 1.87. The molecule has 0 bridgehead atoms. The molecule has 1 amide bonds. The van der Waals surface area contributed by atoms with Gasteiger partial charge < -0.3 is 4.90 Å². The molecule has 0 spiro atoms. The molecule has 92 valence electrons. The molecule has 17 heavy (non-hydrogen) atoms. The Hall–Kier alpha value is -0.350. The number of carbonyl (C=O) groups is 1. The summed E-state index contributed by atoms with van der Waals surface area (Å²) in [5.41, 5.74) is 1.37. The van der Waals surface area contributed by atoms with Crippen LogP contribution in [0.3, 0.4) is 0 Å². The van der Waals surface area contributed by atoms with Crippen molar-refractivity contribution >= 4 is 33.2 Å². The molecule has 2 heterocycles. The maximum Gasteiger partial charge on any atom is 0.233 e. The Labute approximate surface area is 114 Å². The minimum Gasteiger partial charge on any atom is -0.334 e. The second-order valence-electron chi connectivity index (χ2n) is 4.97. The lowest BCUT2D eigenvalue weighted by molar-refractivity contribution is -0.131. The second-order valence-corrected chi connectivity index (χ2v) is 6.53. The number of carbonyl (C=O) groups excluding carboxylic acids is 1. The van der Waals surface area contributed by atoms with Crippen LogP contribution in [0.4, 0.5) is 0 Å². The quantitative estimate of drug-likeness (QED) is 0.768. The van der Waals surface area contributed by atoms with Crippen LogP contribution in [0, 0.1) is 5.92 Å². The van der Waals surface area contributed by atoms with Crippen molar-refractivity contribution in [1.82, 2.24) is 4.90 Å². The summed E-state index contributed by atoms with van der Waals surface area (Å²) in [6, 6.07) is 2.67. The Morgan fingerprint density at radius 1 is 1.47 bits per heavy atom. The molecule has 1 aliphatic carbocycles. The molecule has 1 fully saturated rings. The smallest absolute Gasteiger partial charge is 0.233 e. The van der Waals surface area contributed by atoms with Crippen LogP contribution in [0.25, 0.3) is 0 Å². The summed E-state index contributed by atoms with van der Waals surface area (Å²) in [4.78, 5) is 15.7. The van der Waals surface area contributed by atoms with Gasteiger partial charge >= 0.3 is 0 Å². The Kier molecular flexibility index (Phi) is 3.26. The Bertz CT molecular complexity index is 427. The van der Waals surface area contributed by atoms with Crippen molar-refractivity contribution in [3.63, 3.8) is 0 Å². The van der Waals surface area contributed by atoms with Crippen LogP contribution in [-0.4, -0.2) is 22.2 Å². The van der Waals surface area contributed by atoms with Crippen molar-refractivity contribution in [2.75, 3.05) is 5.33 Å². The molecule has 3 rings (SSSR count). The summed E-state index contributed by atoms with van der Waals surface area (Å²) in [6.07, 6.45) is 4.92. The highest BCUT2D eigenvalue weighted by molar-refractivity contribution is 9.09. The third kappa shape index (κ3) is 2.29. The van der Waals surface area contributed by atoms with Gasteiger partial charge in [0.2, 0.25) is 5.91 Å². The van der Waals surface area contributed by atoms with Crippen molar-refractivity contribution in [2.45, 2.75) is 38.3 Å². The molecular weight excluding hydrogens is 298 g/mol. The summed E-state index contributed by atoms with van der Waals surface area (Å²) in [5.74, 6) is 1.02. The van der Waals surface area contributed by atoms with Gasteiger partial charge in [-0.2, -0.15) is 0 Å². The van der Waals surface area contributed by atoms with Crippen LogP contribution in [0.2, 0.25) is 0 Å². The zero-order valence-corrected chi connectivity index (χ0v) is 12.1. The summed E-state index contributed by atoms with van der Waals surface area (Å²) in [7, 11) is 0. The van der Waals surface area contributed by atoms with Gasteiger partial charge in [-0.25, -0.2) is 0 Å². The van der Waals surface area contributed by atoms with E-state index in [0.29, 0.717) is 11.4 Å². The highest BCUT2D eigenvalue weighted by atomic mass is 79.9. The molecule has 0 saturated heterocycles. The second kappa shape index (κ2) is 4.73. The van der Waals surface area contributed by atoms with Crippen molar-refractivity contribution in [3.8, 4) is 0 Å². The molecule has 0 aromatic carbocycles. The minimum absolute atomic E-state index is 0.251. The summed E-state index contributed by atoms with van der Waals surface area (Å²) < 4.78 is 0. The fraction of sp³-hybridized carbons (Fsp3) is 0.615. The fourth-order valence-corrected chi connectivity index (χ4v) is 4.02. The number of thiophene rings is 1. The topological polar surface area (TPSA) is 20.3 Å². The number of halogens is 1. The zero-order chi connectivity index (χ0) is 11.8. The lowest BCUT2D eigenvalue weighted by atomic mass is 10.1. The van der Waals surface area contributed by atoms with Gasteiger partial charge in [0.15, 0.2) is 0 Å². The van der Waals surface area contributed by atoms with E-state index in [1.807, 2.05) is 11.3 Å². The first kappa shape index (κ1) is 11.7. The predicted octanol–water partition coefficient (Wildman–Crippen LogP) is 3.20.